The van der Waals surface area contributed by atoms with Gasteiger partial charge in [0.1, 0.15) is 11.2 Å². The highest BCUT2D eigenvalue weighted by Crippen LogP contribution is 2.46. The van der Waals surface area contributed by atoms with E-state index in [4.69, 9.17) is 18.1 Å². The van der Waals surface area contributed by atoms with Crippen LogP contribution in [0, 0.1) is 0 Å². The Labute approximate surface area is 258 Å². The molecule has 0 atom stereocenters. The second-order valence-electron chi connectivity index (χ2n) is 9.73. The fourth-order valence-corrected chi connectivity index (χ4v) is 5.82. The molecule has 0 fully saturated rings. The molecule has 0 amide bonds. The summed E-state index contributed by atoms with van der Waals surface area (Å²) in [5, 5.41) is 1.35. The highest BCUT2D eigenvalue weighted by molar-refractivity contribution is 6.24. The van der Waals surface area contributed by atoms with E-state index in [0.29, 0.717) is 22.1 Å². The molecule has 0 aliphatic heterocycles. The molecule has 0 saturated heterocycles. The first-order valence-corrected chi connectivity index (χ1v) is 12.9. The minimum Gasteiger partial charge on any atom is -0.455 e. The smallest absolute Gasteiger partial charge is 0.143 e. The molecule has 41 heavy (non-hydrogen) atoms. The Morgan fingerprint density at radius 2 is 1.10 bits per heavy atom. The fourth-order valence-electron chi connectivity index (χ4n) is 5.82. The van der Waals surface area contributed by atoms with Gasteiger partial charge in [-0.15, -0.1) is 0 Å². The number of benzene rings is 8. The molecule has 0 aliphatic carbocycles. The van der Waals surface area contributed by atoms with Crippen molar-refractivity contribution in [2.24, 2.45) is 0 Å². The predicted molar refractivity (Wildman–Crippen MR) is 175 cm³/mol. The van der Waals surface area contributed by atoms with Crippen LogP contribution in [0.4, 0.5) is 0 Å². The molecular formula is C40H24O. The molecule has 9 rings (SSSR count). The van der Waals surface area contributed by atoms with Crippen LogP contribution in [-0.4, -0.2) is 0 Å². The number of hydrogen-bond acceptors (Lipinski definition) is 1. The molecular weight excluding hydrogens is 496 g/mol. The standard InChI is InChI=1S/C40H24O/c1-3-13-28-25(10-1)12-9-19-30(28)39-33-17-7-5-15-31(33)38(32-16-6-8-18-34(32)39)27-21-23-37-36(24-27)35-22-20-26-11-2-4-14-29(26)40(35)41-37/h1-24H/i1D,3D,5D,6D,7D,8D,9D,10D,12D,13D,15D,16D,17D,18D,19D. The molecule has 0 unspecified atom stereocenters. The fraction of sp³-hybridized carbons (Fsp3) is 0. The van der Waals surface area contributed by atoms with Gasteiger partial charge in [0.25, 0.3) is 0 Å². The summed E-state index contributed by atoms with van der Waals surface area (Å²) < 4.78 is 140. The van der Waals surface area contributed by atoms with Crippen LogP contribution in [0.2, 0.25) is 0 Å². The first-order chi connectivity index (χ1) is 26.6. The van der Waals surface area contributed by atoms with Gasteiger partial charge in [-0.1, -0.05) is 127 Å². The molecule has 0 N–H and O–H groups in total. The van der Waals surface area contributed by atoms with Gasteiger partial charge in [-0.25, -0.2) is 0 Å². The van der Waals surface area contributed by atoms with E-state index in [9.17, 15) is 6.85 Å². The summed E-state index contributed by atoms with van der Waals surface area (Å²) in [5.41, 5.74) is 0.640. The van der Waals surface area contributed by atoms with Crippen molar-refractivity contribution in [3.05, 3.63) is 145 Å². The van der Waals surface area contributed by atoms with E-state index in [0.717, 1.165) is 16.2 Å². The summed E-state index contributed by atoms with van der Waals surface area (Å²) in [6.45, 7) is 0. The third-order valence-electron chi connectivity index (χ3n) is 7.59. The van der Waals surface area contributed by atoms with Gasteiger partial charge in [0.15, 0.2) is 0 Å². The lowest BCUT2D eigenvalue weighted by Gasteiger charge is -2.18. The van der Waals surface area contributed by atoms with Crippen molar-refractivity contribution < 1.29 is 25.0 Å². The number of furan rings is 1. The minimum absolute atomic E-state index is 0.0238. The van der Waals surface area contributed by atoms with Gasteiger partial charge in [-0.05, 0) is 78.2 Å². The normalized spacial score (nSPS) is 17.0. The molecule has 9 aromatic rings. The van der Waals surface area contributed by atoms with Crippen molar-refractivity contribution in [2.45, 2.75) is 0 Å². The summed E-state index contributed by atoms with van der Waals surface area (Å²) >= 11 is 0. The summed E-state index contributed by atoms with van der Waals surface area (Å²) in [4.78, 5) is 0. The van der Waals surface area contributed by atoms with Crippen LogP contribution in [0.5, 0.6) is 0 Å². The minimum atomic E-state index is -0.755. The van der Waals surface area contributed by atoms with Crippen molar-refractivity contribution in [3.63, 3.8) is 0 Å². The maximum Gasteiger partial charge on any atom is 0.143 e. The Hall–Kier alpha value is -5.40. The number of fused-ring (bicyclic) bond motifs is 8. The molecule has 0 saturated carbocycles. The zero-order valence-corrected chi connectivity index (χ0v) is 21.1. The molecule has 190 valence electrons. The van der Waals surface area contributed by atoms with Crippen LogP contribution in [0.3, 0.4) is 0 Å². The van der Waals surface area contributed by atoms with Gasteiger partial charge in [-0.2, -0.15) is 0 Å². The zero-order chi connectivity index (χ0) is 40.0. The molecule has 1 aromatic heterocycles. The molecule has 1 heteroatoms. The first-order valence-electron chi connectivity index (χ1n) is 20.4. The van der Waals surface area contributed by atoms with Crippen LogP contribution in [0.15, 0.2) is 150 Å². The number of hydrogen-bond donors (Lipinski definition) is 0. The molecule has 0 bridgehead atoms. The van der Waals surface area contributed by atoms with E-state index in [1.807, 2.05) is 36.4 Å². The van der Waals surface area contributed by atoms with E-state index in [1.165, 1.54) is 0 Å². The predicted octanol–water partition coefficient (Wildman–Crippen LogP) is 11.5. The van der Waals surface area contributed by atoms with Crippen LogP contribution < -0.4 is 0 Å². The lowest BCUT2D eigenvalue weighted by molar-refractivity contribution is 0.672. The summed E-state index contributed by atoms with van der Waals surface area (Å²) in [6, 6.07) is 6.37. The van der Waals surface area contributed by atoms with Gasteiger partial charge in [-0.3, -0.25) is 0 Å². The second-order valence-corrected chi connectivity index (χ2v) is 9.73. The Morgan fingerprint density at radius 3 is 1.88 bits per heavy atom. The van der Waals surface area contributed by atoms with Crippen molar-refractivity contribution in [1.29, 1.82) is 0 Å². The monoisotopic (exact) mass is 535 g/mol. The van der Waals surface area contributed by atoms with Crippen LogP contribution in [0.1, 0.15) is 20.6 Å². The van der Waals surface area contributed by atoms with E-state index in [2.05, 4.69) is 0 Å². The third kappa shape index (κ3) is 3.24. The second kappa shape index (κ2) is 8.55. The Morgan fingerprint density at radius 1 is 0.439 bits per heavy atom. The average molecular weight is 536 g/mol. The topological polar surface area (TPSA) is 13.1 Å². The Balaban J connectivity index is 1.59. The van der Waals surface area contributed by atoms with Gasteiger partial charge >= 0.3 is 0 Å². The Bertz CT molecular complexity index is 3220. The molecule has 0 aliphatic rings. The van der Waals surface area contributed by atoms with Crippen LogP contribution in [0.25, 0.3) is 87.3 Å². The molecule has 0 radical (unpaired) electrons. The highest BCUT2D eigenvalue weighted by atomic mass is 16.3. The summed E-state index contributed by atoms with van der Waals surface area (Å²) in [7, 11) is 0. The lowest BCUT2D eigenvalue weighted by Crippen LogP contribution is -1.91. The SMILES string of the molecule is [2H]c1c([2H])c([2H])c2c(-c3c4c([2H])c([2H])c([2H])c([2H])c4c(-c4ccc5oc6c7ccccc7ccc6c5c4)c4c([2H])c([2H])c([2H])c([2H])c34)c([2H])c([2H])c([2H])c2c1[2H]. The zero-order valence-electron chi connectivity index (χ0n) is 36.1. The Kier molecular flexibility index (Phi) is 2.59. The quantitative estimate of drug-likeness (QED) is 0.201. The average Bonchev–Trinajstić information content (AvgIpc) is 3.58. The van der Waals surface area contributed by atoms with E-state index in [-0.39, 0.29) is 32.7 Å². The molecule has 1 heterocycles. The highest BCUT2D eigenvalue weighted by Gasteiger charge is 2.19. The van der Waals surface area contributed by atoms with Crippen molar-refractivity contribution >= 4 is 65.0 Å². The van der Waals surface area contributed by atoms with Crippen molar-refractivity contribution in [1.82, 2.24) is 0 Å². The van der Waals surface area contributed by atoms with Crippen molar-refractivity contribution in [2.75, 3.05) is 0 Å². The van der Waals surface area contributed by atoms with Gasteiger partial charge in [0, 0.05) is 16.2 Å². The summed E-state index contributed by atoms with van der Waals surface area (Å²) in [6.07, 6.45) is 0. The van der Waals surface area contributed by atoms with E-state index >= 15 is 0 Å². The summed E-state index contributed by atoms with van der Waals surface area (Å²) in [5.74, 6) is 0. The van der Waals surface area contributed by atoms with Gasteiger partial charge < -0.3 is 4.42 Å². The van der Waals surface area contributed by atoms with Gasteiger partial charge in [0.05, 0.1) is 20.6 Å². The van der Waals surface area contributed by atoms with Crippen molar-refractivity contribution in [3.8, 4) is 22.3 Å². The van der Waals surface area contributed by atoms with Gasteiger partial charge in [0.2, 0.25) is 0 Å². The third-order valence-corrected chi connectivity index (χ3v) is 7.59. The maximum absolute atomic E-state index is 9.32. The molecule has 0 spiro atoms. The first kappa shape index (κ1) is 12.4. The molecule has 1 nitrogen and oxygen atoms in total. The largest absolute Gasteiger partial charge is 0.455 e. The lowest BCUT2D eigenvalue weighted by atomic mass is 9.84. The van der Waals surface area contributed by atoms with E-state index < -0.39 is 107 Å². The van der Waals surface area contributed by atoms with E-state index in [1.54, 1.807) is 18.2 Å². The maximum atomic E-state index is 9.32. The van der Waals surface area contributed by atoms with Crippen LogP contribution in [-0.2, 0) is 0 Å². The van der Waals surface area contributed by atoms with Crippen LogP contribution >= 0.6 is 0 Å². The molecule has 8 aromatic carbocycles. The number of rotatable bonds is 2.